The molecule has 0 fully saturated rings. The van der Waals surface area contributed by atoms with E-state index in [0.717, 1.165) is 0 Å². The average molecular weight is 256 g/mol. The van der Waals surface area contributed by atoms with Crippen LogP contribution in [0.25, 0.3) is 11.4 Å². The first-order valence-corrected chi connectivity index (χ1v) is 5.54. The predicted octanol–water partition coefficient (Wildman–Crippen LogP) is 2.94. The molecule has 0 saturated heterocycles. The minimum absolute atomic E-state index is 0.238. The quantitative estimate of drug-likeness (QED) is 0.916. The molecule has 0 aliphatic carbocycles. The number of rotatable bonds is 3. The molecule has 1 unspecified atom stereocenters. The van der Waals surface area contributed by atoms with Gasteiger partial charge in [0.2, 0.25) is 11.7 Å². The molecule has 1 aromatic heterocycles. The summed E-state index contributed by atoms with van der Waals surface area (Å²) in [5.74, 6) is 0.254. The number of aromatic nitrogens is 2. The van der Waals surface area contributed by atoms with E-state index in [2.05, 4.69) is 10.1 Å². The second kappa shape index (κ2) is 4.81. The molecular weight excluding hydrogens is 245 g/mol. The molecule has 0 bridgehead atoms. The number of halogens is 2. The van der Waals surface area contributed by atoms with E-state index >= 15 is 0 Å². The van der Waals surface area contributed by atoms with Crippen LogP contribution in [0.1, 0.15) is 25.3 Å². The Hall–Kier alpha value is -1.46. The molecule has 4 nitrogen and oxygen atoms in total. The van der Waals surface area contributed by atoms with Crippen LogP contribution in [0.4, 0.5) is 4.39 Å². The first-order chi connectivity index (χ1) is 8.11. The van der Waals surface area contributed by atoms with Crippen molar-refractivity contribution in [1.82, 2.24) is 10.1 Å². The number of nitrogens with zero attached hydrogens (tertiary/aromatic N) is 2. The summed E-state index contributed by atoms with van der Waals surface area (Å²) in [5, 5.41) is 4.01. The molecule has 0 aliphatic rings. The maximum Gasteiger partial charge on any atom is 0.243 e. The summed E-state index contributed by atoms with van der Waals surface area (Å²) >= 11 is 5.89. The van der Waals surface area contributed by atoms with Crippen molar-refractivity contribution < 1.29 is 8.91 Å². The lowest BCUT2D eigenvalue weighted by molar-refractivity contribution is 0.352. The van der Waals surface area contributed by atoms with Crippen molar-refractivity contribution in [3.63, 3.8) is 0 Å². The number of hydrogen-bond acceptors (Lipinski definition) is 4. The molecule has 1 atom stereocenters. The van der Waals surface area contributed by atoms with Crippen LogP contribution in [-0.2, 0) is 0 Å². The Kier molecular flexibility index (Phi) is 3.40. The van der Waals surface area contributed by atoms with Crippen LogP contribution in [0, 0.1) is 5.82 Å². The third kappa shape index (κ3) is 2.45. The van der Waals surface area contributed by atoms with Crippen molar-refractivity contribution in [2.75, 3.05) is 0 Å². The van der Waals surface area contributed by atoms with Gasteiger partial charge in [0.25, 0.3) is 0 Å². The second-order valence-corrected chi connectivity index (χ2v) is 4.00. The lowest BCUT2D eigenvalue weighted by Crippen LogP contribution is -2.08. The van der Waals surface area contributed by atoms with Crippen molar-refractivity contribution >= 4 is 11.6 Å². The van der Waals surface area contributed by atoms with Gasteiger partial charge in [-0.2, -0.15) is 4.98 Å². The molecular formula is C11H11ClFN3O. The van der Waals surface area contributed by atoms with Gasteiger partial charge in [-0.05, 0) is 24.6 Å². The van der Waals surface area contributed by atoms with Gasteiger partial charge in [-0.25, -0.2) is 4.39 Å². The average Bonchev–Trinajstić information content (AvgIpc) is 2.77. The lowest BCUT2D eigenvalue weighted by Gasteiger charge is -2.00. The van der Waals surface area contributed by atoms with E-state index in [4.69, 9.17) is 21.9 Å². The summed E-state index contributed by atoms with van der Waals surface area (Å²) in [7, 11) is 0. The molecule has 2 N–H and O–H groups in total. The van der Waals surface area contributed by atoms with Gasteiger partial charge in [-0.1, -0.05) is 23.7 Å². The van der Waals surface area contributed by atoms with E-state index in [0.29, 0.717) is 23.7 Å². The van der Waals surface area contributed by atoms with Crippen LogP contribution in [0.15, 0.2) is 22.7 Å². The van der Waals surface area contributed by atoms with Gasteiger partial charge in [-0.15, -0.1) is 0 Å². The van der Waals surface area contributed by atoms with Crippen molar-refractivity contribution in [2.24, 2.45) is 5.73 Å². The molecule has 17 heavy (non-hydrogen) atoms. The Balaban J connectivity index is 2.37. The lowest BCUT2D eigenvalue weighted by atomic mass is 10.2. The highest BCUT2D eigenvalue weighted by Gasteiger charge is 2.15. The summed E-state index contributed by atoms with van der Waals surface area (Å²) in [6, 6.07) is 3.70. The second-order valence-electron chi connectivity index (χ2n) is 3.60. The molecule has 2 aromatic rings. The minimum Gasteiger partial charge on any atom is -0.337 e. The van der Waals surface area contributed by atoms with E-state index in [9.17, 15) is 4.39 Å². The van der Waals surface area contributed by atoms with Crippen LogP contribution < -0.4 is 5.73 Å². The van der Waals surface area contributed by atoms with Gasteiger partial charge in [0.15, 0.2) is 0 Å². The van der Waals surface area contributed by atoms with Gasteiger partial charge < -0.3 is 10.3 Å². The van der Waals surface area contributed by atoms with Crippen LogP contribution >= 0.6 is 11.6 Å². The van der Waals surface area contributed by atoms with Crippen LogP contribution in [-0.4, -0.2) is 10.1 Å². The van der Waals surface area contributed by atoms with Crippen LogP contribution in [0.3, 0.4) is 0 Å². The van der Waals surface area contributed by atoms with Gasteiger partial charge in [0.05, 0.1) is 11.1 Å². The summed E-state index contributed by atoms with van der Waals surface area (Å²) in [6.07, 6.45) is 0.693. The zero-order valence-electron chi connectivity index (χ0n) is 9.15. The number of hydrogen-bond donors (Lipinski definition) is 1. The van der Waals surface area contributed by atoms with E-state index in [-0.39, 0.29) is 11.1 Å². The SMILES string of the molecule is CCC(N)c1nc(-c2ccc(F)cc2Cl)no1. The van der Waals surface area contributed by atoms with Gasteiger partial charge in [0, 0.05) is 5.56 Å². The zero-order chi connectivity index (χ0) is 12.4. The van der Waals surface area contributed by atoms with Crippen molar-refractivity contribution in [1.29, 1.82) is 0 Å². The summed E-state index contributed by atoms with van der Waals surface area (Å²) in [5.41, 5.74) is 6.28. The maximum absolute atomic E-state index is 12.9. The first-order valence-electron chi connectivity index (χ1n) is 5.16. The normalized spacial score (nSPS) is 12.7. The molecule has 0 amide bonds. The van der Waals surface area contributed by atoms with E-state index in [1.807, 2.05) is 6.92 Å². The summed E-state index contributed by atoms with van der Waals surface area (Å²) in [6.45, 7) is 1.92. The van der Waals surface area contributed by atoms with E-state index in [1.54, 1.807) is 0 Å². The maximum atomic E-state index is 12.9. The Bertz CT molecular complexity index is 529. The largest absolute Gasteiger partial charge is 0.337 e. The Morgan fingerprint density at radius 3 is 2.94 bits per heavy atom. The molecule has 90 valence electrons. The third-order valence-electron chi connectivity index (χ3n) is 2.37. The third-order valence-corrected chi connectivity index (χ3v) is 2.68. The van der Waals surface area contributed by atoms with E-state index < -0.39 is 5.82 Å². The fraction of sp³-hybridized carbons (Fsp3) is 0.273. The van der Waals surface area contributed by atoms with Crippen LogP contribution in [0.5, 0.6) is 0 Å². The fourth-order valence-corrected chi connectivity index (χ4v) is 1.59. The summed E-state index contributed by atoms with van der Waals surface area (Å²) < 4.78 is 17.9. The highest BCUT2D eigenvalue weighted by molar-refractivity contribution is 6.33. The molecule has 1 heterocycles. The molecule has 0 aliphatic heterocycles. The Morgan fingerprint density at radius 2 is 2.29 bits per heavy atom. The Morgan fingerprint density at radius 1 is 1.53 bits per heavy atom. The molecule has 0 radical (unpaired) electrons. The molecule has 2 rings (SSSR count). The summed E-state index contributed by atoms with van der Waals surface area (Å²) in [4.78, 5) is 4.13. The smallest absolute Gasteiger partial charge is 0.243 e. The van der Waals surface area contributed by atoms with Crippen molar-refractivity contribution in [3.05, 3.63) is 34.9 Å². The van der Waals surface area contributed by atoms with Gasteiger partial charge >= 0.3 is 0 Å². The topological polar surface area (TPSA) is 64.9 Å². The van der Waals surface area contributed by atoms with Crippen LogP contribution in [0.2, 0.25) is 5.02 Å². The molecule has 0 spiro atoms. The minimum atomic E-state index is -0.410. The molecule has 1 aromatic carbocycles. The highest BCUT2D eigenvalue weighted by atomic mass is 35.5. The zero-order valence-corrected chi connectivity index (χ0v) is 9.91. The van der Waals surface area contributed by atoms with E-state index in [1.165, 1.54) is 18.2 Å². The molecule has 6 heteroatoms. The monoisotopic (exact) mass is 255 g/mol. The Labute approximate surface area is 103 Å². The number of nitrogens with two attached hydrogens (primary N) is 1. The van der Waals surface area contributed by atoms with Crippen molar-refractivity contribution in [2.45, 2.75) is 19.4 Å². The predicted molar refractivity (Wildman–Crippen MR) is 61.9 cm³/mol. The van der Waals surface area contributed by atoms with Gasteiger partial charge in [-0.3, -0.25) is 0 Å². The first kappa shape index (κ1) is 12.0. The highest BCUT2D eigenvalue weighted by Crippen LogP contribution is 2.27. The standard InChI is InChI=1S/C11H11ClFN3O/c1-2-9(14)11-15-10(16-17-11)7-4-3-6(13)5-8(7)12/h3-5,9H,2,14H2,1H3. The molecule has 0 saturated carbocycles. The van der Waals surface area contributed by atoms with Crippen molar-refractivity contribution in [3.8, 4) is 11.4 Å². The van der Waals surface area contributed by atoms with Gasteiger partial charge in [0.1, 0.15) is 5.82 Å². The fourth-order valence-electron chi connectivity index (χ4n) is 1.34. The number of benzene rings is 1.